The Kier molecular flexibility index (Phi) is 2.64. The van der Waals surface area contributed by atoms with Gasteiger partial charge in [0.15, 0.2) is 5.82 Å². The second kappa shape index (κ2) is 4.11. The van der Waals surface area contributed by atoms with Gasteiger partial charge in [-0.15, -0.1) is 0 Å². The van der Waals surface area contributed by atoms with E-state index in [-0.39, 0.29) is 5.92 Å². The van der Waals surface area contributed by atoms with Crippen LogP contribution in [0, 0.1) is 11.3 Å². The Labute approximate surface area is 93.4 Å². The van der Waals surface area contributed by atoms with Gasteiger partial charge in [-0.2, -0.15) is 10.4 Å². The molecule has 0 amide bonds. The summed E-state index contributed by atoms with van der Waals surface area (Å²) < 4.78 is 1.58. The number of hydrogen-bond acceptors (Lipinski definition) is 4. The Morgan fingerprint density at radius 2 is 2.06 bits per heavy atom. The molecule has 2 rings (SSSR count). The summed E-state index contributed by atoms with van der Waals surface area (Å²) in [6, 6.07) is 2.03. The molecule has 0 aliphatic rings. The first kappa shape index (κ1) is 10.3. The van der Waals surface area contributed by atoms with E-state index in [0.29, 0.717) is 11.4 Å². The van der Waals surface area contributed by atoms with Crippen LogP contribution in [-0.4, -0.2) is 19.7 Å². The van der Waals surface area contributed by atoms with Gasteiger partial charge >= 0.3 is 0 Å². The summed E-state index contributed by atoms with van der Waals surface area (Å²) in [5.41, 5.74) is 1.38. The molecule has 0 fully saturated rings. The molecule has 0 N–H and O–H groups in total. The van der Waals surface area contributed by atoms with Crippen LogP contribution in [0.5, 0.6) is 0 Å². The average Bonchev–Trinajstić information content (AvgIpc) is 2.77. The number of aromatic nitrogens is 4. The Bertz CT molecular complexity index is 535. The zero-order valence-electron chi connectivity index (χ0n) is 9.12. The number of rotatable bonds is 2. The first-order chi connectivity index (χ1) is 7.72. The lowest BCUT2D eigenvalue weighted by Crippen LogP contribution is -2.06. The SMILES string of the molecule is CC(C)c1nccnc1-n1cc(C#N)cn1. The molecule has 0 aliphatic heterocycles. The maximum atomic E-state index is 8.74. The molecule has 0 atom stereocenters. The topological polar surface area (TPSA) is 67.4 Å². The Balaban J connectivity index is 2.52. The fraction of sp³-hybridized carbons (Fsp3) is 0.273. The standard InChI is InChI=1S/C11H11N5/c1-8(2)10-11(14-4-3-13-10)16-7-9(5-12)6-15-16/h3-4,6-8H,1-2H3. The lowest BCUT2D eigenvalue weighted by Gasteiger charge is -2.09. The monoisotopic (exact) mass is 213 g/mol. The van der Waals surface area contributed by atoms with Gasteiger partial charge in [0.05, 0.1) is 23.7 Å². The van der Waals surface area contributed by atoms with Crippen LogP contribution in [-0.2, 0) is 0 Å². The van der Waals surface area contributed by atoms with Crippen LogP contribution in [0.4, 0.5) is 0 Å². The molecule has 2 aromatic rings. The van der Waals surface area contributed by atoms with Gasteiger partial charge in [0, 0.05) is 12.4 Å². The maximum absolute atomic E-state index is 8.74. The van der Waals surface area contributed by atoms with Crippen molar-refractivity contribution in [3.63, 3.8) is 0 Å². The van der Waals surface area contributed by atoms with Crippen molar-refractivity contribution in [3.8, 4) is 11.9 Å². The summed E-state index contributed by atoms with van der Waals surface area (Å²) in [6.07, 6.45) is 6.44. The highest BCUT2D eigenvalue weighted by Crippen LogP contribution is 2.17. The van der Waals surface area contributed by atoms with E-state index in [0.717, 1.165) is 5.69 Å². The zero-order chi connectivity index (χ0) is 11.5. The van der Waals surface area contributed by atoms with Crippen LogP contribution >= 0.6 is 0 Å². The van der Waals surface area contributed by atoms with Crippen molar-refractivity contribution < 1.29 is 0 Å². The molecule has 2 heterocycles. The van der Waals surface area contributed by atoms with Crippen LogP contribution < -0.4 is 0 Å². The molecule has 5 nitrogen and oxygen atoms in total. The molecule has 2 aromatic heterocycles. The van der Waals surface area contributed by atoms with Crippen molar-refractivity contribution in [3.05, 3.63) is 36.0 Å². The molecule has 0 spiro atoms. The predicted molar refractivity (Wildman–Crippen MR) is 58.0 cm³/mol. The van der Waals surface area contributed by atoms with E-state index in [2.05, 4.69) is 15.1 Å². The first-order valence-corrected chi connectivity index (χ1v) is 4.98. The van der Waals surface area contributed by atoms with Gasteiger partial charge in [-0.1, -0.05) is 13.8 Å². The Morgan fingerprint density at radius 3 is 2.69 bits per heavy atom. The van der Waals surface area contributed by atoms with Crippen LogP contribution in [0.15, 0.2) is 24.8 Å². The Hall–Kier alpha value is -2.22. The Morgan fingerprint density at radius 1 is 1.31 bits per heavy atom. The number of nitrogens with zero attached hydrogens (tertiary/aromatic N) is 5. The minimum absolute atomic E-state index is 0.262. The summed E-state index contributed by atoms with van der Waals surface area (Å²) in [5, 5.41) is 12.8. The van der Waals surface area contributed by atoms with Crippen LogP contribution in [0.25, 0.3) is 5.82 Å². The number of nitriles is 1. The molecule has 0 saturated heterocycles. The lowest BCUT2D eigenvalue weighted by atomic mass is 10.1. The normalized spacial score (nSPS) is 10.4. The molecule has 16 heavy (non-hydrogen) atoms. The van der Waals surface area contributed by atoms with E-state index in [1.807, 2.05) is 19.9 Å². The van der Waals surface area contributed by atoms with Crippen molar-refractivity contribution in [1.82, 2.24) is 19.7 Å². The summed E-state index contributed by atoms with van der Waals surface area (Å²) in [4.78, 5) is 8.53. The predicted octanol–water partition coefficient (Wildman–Crippen LogP) is 1.66. The van der Waals surface area contributed by atoms with Gasteiger partial charge in [0.2, 0.25) is 0 Å². The number of hydrogen-bond donors (Lipinski definition) is 0. The summed E-state index contributed by atoms with van der Waals surface area (Å²) in [5.74, 6) is 0.942. The van der Waals surface area contributed by atoms with E-state index < -0.39 is 0 Å². The molecule has 5 heteroatoms. The average molecular weight is 213 g/mol. The molecule has 0 aliphatic carbocycles. The molecule has 80 valence electrons. The van der Waals surface area contributed by atoms with Crippen LogP contribution in [0.3, 0.4) is 0 Å². The van der Waals surface area contributed by atoms with Crippen molar-refractivity contribution in [2.24, 2.45) is 0 Å². The summed E-state index contributed by atoms with van der Waals surface area (Å²) in [7, 11) is 0. The van der Waals surface area contributed by atoms with E-state index in [4.69, 9.17) is 5.26 Å². The van der Waals surface area contributed by atoms with Crippen LogP contribution in [0.1, 0.15) is 31.0 Å². The fourth-order valence-corrected chi connectivity index (χ4v) is 1.42. The molecule has 0 saturated carbocycles. The third-order valence-corrected chi connectivity index (χ3v) is 2.18. The largest absolute Gasteiger partial charge is 0.255 e. The molecule has 0 radical (unpaired) electrons. The van der Waals surface area contributed by atoms with Crippen molar-refractivity contribution in [2.45, 2.75) is 19.8 Å². The van der Waals surface area contributed by atoms with Gasteiger partial charge in [-0.05, 0) is 5.92 Å². The third kappa shape index (κ3) is 1.77. The van der Waals surface area contributed by atoms with Crippen molar-refractivity contribution in [1.29, 1.82) is 5.26 Å². The molecular formula is C11H11N5. The van der Waals surface area contributed by atoms with E-state index >= 15 is 0 Å². The molecule has 0 bridgehead atoms. The minimum atomic E-state index is 0.262. The van der Waals surface area contributed by atoms with Gasteiger partial charge in [-0.25, -0.2) is 9.67 Å². The maximum Gasteiger partial charge on any atom is 0.175 e. The second-order valence-electron chi connectivity index (χ2n) is 3.71. The fourth-order valence-electron chi connectivity index (χ4n) is 1.42. The quantitative estimate of drug-likeness (QED) is 0.760. The molecule has 0 aromatic carbocycles. The van der Waals surface area contributed by atoms with Crippen molar-refractivity contribution >= 4 is 0 Å². The second-order valence-corrected chi connectivity index (χ2v) is 3.71. The highest BCUT2D eigenvalue weighted by atomic mass is 15.3. The first-order valence-electron chi connectivity index (χ1n) is 4.98. The van der Waals surface area contributed by atoms with Crippen LogP contribution in [0.2, 0.25) is 0 Å². The zero-order valence-corrected chi connectivity index (χ0v) is 9.12. The lowest BCUT2D eigenvalue weighted by molar-refractivity contribution is 0.751. The van der Waals surface area contributed by atoms with Gasteiger partial charge < -0.3 is 0 Å². The van der Waals surface area contributed by atoms with E-state index in [1.165, 1.54) is 6.20 Å². The van der Waals surface area contributed by atoms with E-state index in [9.17, 15) is 0 Å². The van der Waals surface area contributed by atoms with Gasteiger partial charge in [-0.3, -0.25) is 4.98 Å². The molecular weight excluding hydrogens is 202 g/mol. The highest BCUT2D eigenvalue weighted by Gasteiger charge is 2.11. The highest BCUT2D eigenvalue weighted by molar-refractivity contribution is 5.32. The van der Waals surface area contributed by atoms with E-state index in [1.54, 1.807) is 23.3 Å². The van der Waals surface area contributed by atoms with Crippen molar-refractivity contribution in [2.75, 3.05) is 0 Å². The van der Waals surface area contributed by atoms with Gasteiger partial charge in [0.1, 0.15) is 6.07 Å². The smallest absolute Gasteiger partial charge is 0.175 e. The third-order valence-electron chi connectivity index (χ3n) is 2.18. The minimum Gasteiger partial charge on any atom is -0.255 e. The summed E-state index contributed by atoms with van der Waals surface area (Å²) >= 11 is 0. The molecule has 0 unspecified atom stereocenters. The van der Waals surface area contributed by atoms with Gasteiger partial charge in [0.25, 0.3) is 0 Å². The summed E-state index contributed by atoms with van der Waals surface area (Å²) in [6.45, 7) is 4.09.